The fraction of sp³-hybridized carbons (Fsp3) is 0.304. The number of fused-ring (bicyclic) bond motifs is 1. The number of hydrogen-bond acceptors (Lipinski definition) is 3. The number of hydrogen-bond donors (Lipinski definition) is 0. The zero-order valence-corrected chi connectivity index (χ0v) is 17.0. The highest BCUT2D eigenvalue weighted by molar-refractivity contribution is 6.04. The molecule has 0 amide bonds. The van der Waals surface area contributed by atoms with Crippen molar-refractivity contribution in [2.45, 2.75) is 26.7 Å². The number of carbonyl (C=O) groups is 1. The second-order valence-electron chi connectivity index (χ2n) is 8.56. The molecule has 0 atom stereocenters. The first-order valence-corrected chi connectivity index (χ1v) is 9.54. The number of rotatable bonds is 3. The molecule has 0 aliphatic heterocycles. The summed E-state index contributed by atoms with van der Waals surface area (Å²) in [7, 11) is 3.89. The van der Waals surface area contributed by atoms with Crippen molar-refractivity contribution in [3.63, 3.8) is 0 Å². The van der Waals surface area contributed by atoms with Gasteiger partial charge >= 0.3 is 0 Å². The average molecular weight is 395 g/mol. The monoisotopic (exact) mass is 395 g/mol. The topological polar surface area (TPSA) is 38.1 Å². The van der Waals surface area contributed by atoms with Crippen LogP contribution < -0.4 is 4.90 Å². The SMILES string of the molecule is CN(C)c1ccc(-c2c3c(nn2-c2ccc(F)cc2F)CC(C)(C)CC3=O)cc1. The van der Waals surface area contributed by atoms with Crippen molar-refractivity contribution >= 4 is 11.5 Å². The second-order valence-corrected chi connectivity index (χ2v) is 8.56. The highest BCUT2D eigenvalue weighted by Gasteiger charge is 2.37. The molecule has 0 spiro atoms. The Morgan fingerprint density at radius 3 is 2.34 bits per heavy atom. The van der Waals surface area contributed by atoms with Crippen LogP contribution in [0.4, 0.5) is 14.5 Å². The fourth-order valence-corrected chi connectivity index (χ4v) is 3.93. The fourth-order valence-electron chi connectivity index (χ4n) is 3.93. The van der Waals surface area contributed by atoms with Crippen LogP contribution in [0.1, 0.15) is 36.3 Å². The van der Waals surface area contributed by atoms with Crippen LogP contribution in [0.15, 0.2) is 42.5 Å². The first kappa shape index (κ1) is 19.3. The van der Waals surface area contributed by atoms with Crippen LogP contribution in [-0.4, -0.2) is 29.7 Å². The van der Waals surface area contributed by atoms with Gasteiger partial charge < -0.3 is 4.90 Å². The first-order valence-electron chi connectivity index (χ1n) is 9.54. The Bertz CT molecular complexity index is 1100. The first-order chi connectivity index (χ1) is 13.7. The summed E-state index contributed by atoms with van der Waals surface area (Å²) in [6.07, 6.45) is 1.02. The molecular weight excluding hydrogens is 372 g/mol. The van der Waals surface area contributed by atoms with Crippen LogP contribution in [-0.2, 0) is 6.42 Å². The molecule has 0 bridgehead atoms. The number of ketones is 1. The molecule has 29 heavy (non-hydrogen) atoms. The van der Waals surface area contributed by atoms with Crippen molar-refractivity contribution in [2.24, 2.45) is 5.41 Å². The molecule has 2 aromatic carbocycles. The summed E-state index contributed by atoms with van der Waals surface area (Å²) in [4.78, 5) is 15.0. The van der Waals surface area contributed by atoms with E-state index in [1.807, 2.05) is 57.1 Å². The predicted octanol–water partition coefficient (Wildman–Crippen LogP) is 5.04. The molecule has 4 rings (SSSR count). The third-order valence-electron chi connectivity index (χ3n) is 5.32. The van der Waals surface area contributed by atoms with Crippen LogP contribution in [0, 0.1) is 17.0 Å². The van der Waals surface area contributed by atoms with Gasteiger partial charge in [0, 0.05) is 37.8 Å². The Morgan fingerprint density at radius 1 is 1.03 bits per heavy atom. The maximum Gasteiger partial charge on any atom is 0.167 e. The van der Waals surface area contributed by atoms with Gasteiger partial charge in [-0.1, -0.05) is 26.0 Å². The van der Waals surface area contributed by atoms with E-state index in [1.165, 1.54) is 16.8 Å². The van der Waals surface area contributed by atoms with Gasteiger partial charge in [-0.15, -0.1) is 0 Å². The van der Waals surface area contributed by atoms with E-state index in [0.717, 1.165) is 17.3 Å². The third kappa shape index (κ3) is 3.43. The van der Waals surface area contributed by atoms with Gasteiger partial charge in [0.1, 0.15) is 11.5 Å². The zero-order valence-electron chi connectivity index (χ0n) is 17.0. The average Bonchev–Trinajstić information content (AvgIpc) is 2.99. The van der Waals surface area contributed by atoms with Crippen molar-refractivity contribution in [3.05, 3.63) is 65.4 Å². The maximum atomic E-state index is 14.6. The van der Waals surface area contributed by atoms with Gasteiger partial charge in [-0.25, -0.2) is 13.5 Å². The Kier molecular flexibility index (Phi) is 4.52. The lowest BCUT2D eigenvalue weighted by atomic mass is 9.75. The van der Waals surface area contributed by atoms with Crippen molar-refractivity contribution in [1.29, 1.82) is 0 Å². The van der Waals surface area contributed by atoms with E-state index in [9.17, 15) is 13.6 Å². The van der Waals surface area contributed by atoms with Crippen LogP contribution in [0.25, 0.3) is 16.9 Å². The molecule has 0 unspecified atom stereocenters. The minimum Gasteiger partial charge on any atom is -0.378 e. The minimum atomic E-state index is -0.720. The molecule has 0 fully saturated rings. The highest BCUT2D eigenvalue weighted by atomic mass is 19.1. The van der Waals surface area contributed by atoms with Crippen molar-refractivity contribution < 1.29 is 13.6 Å². The van der Waals surface area contributed by atoms with Gasteiger partial charge in [0.2, 0.25) is 0 Å². The Labute approximate surface area is 168 Å². The third-order valence-corrected chi connectivity index (χ3v) is 5.32. The van der Waals surface area contributed by atoms with Gasteiger partial charge in [-0.05, 0) is 36.1 Å². The molecule has 0 radical (unpaired) electrons. The van der Waals surface area contributed by atoms with Gasteiger partial charge in [-0.3, -0.25) is 4.79 Å². The number of Topliss-reactive ketones (excluding diaryl/α,β-unsaturated/α-hetero) is 1. The van der Waals surface area contributed by atoms with E-state index in [1.54, 1.807) is 0 Å². The van der Waals surface area contributed by atoms with E-state index < -0.39 is 11.6 Å². The molecule has 1 aliphatic rings. The summed E-state index contributed by atoms with van der Waals surface area (Å²) in [6, 6.07) is 11.1. The highest BCUT2D eigenvalue weighted by Crippen LogP contribution is 2.40. The normalized spacial score (nSPS) is 15.3. The number of benzene rings is 2. The van der Waals surface area contributed by atoms with E-state index in [-0.39, 0.29) is 16.9 Å². The number of anilines is 1. The lowest BCUT2D eigenvalue weighted by Crippen LogP contribution is -2.26. The van der Waals surface area contributed by atoms with Crippen molar-refractivity contribution in [2.75, 3.05) is 19.0 Å². The quantitative estimate of drug-likeness (QED) is 0.624. The standard InChI is InChI=1S/C23H23F2N3O/c1-23(2)12-18-21(20(29)13-23)22(14-5-8-16(9-6-14)27(3)4)28(26-18)19-10-7-15(24)11-17(19)25/h5-11H,12-13H2,1-4H3. The molecule has 6 heteroatoms. The molecule has 0 saturated carbocycles. The van der Waals surface area contributed by atoms with Gasteiger partial charge in [0.05, 0.1) is 17.0 Å². The molecule has 1 heterocycles. The lowest BCUT2D eigenvalue weighted by Gasteiger charge is -2.27. The maximum absolute atomic E-state index is 14.6. The van der Waals surface area contributed by atoms with E-state index >= 15 is 0 Å². The summed E-state index contributed by atoms with van der Waals surface area (Å²) in [5.41, 5.74) is 3.42. The Morgan fingerprint density at radius 2 is 1.72 bits per heavy atom. The number of nitrogens with zero attached hydrogens (tertiary/aromatic N) is 3. The molecule has 0 N–H and O–H groups in total. The Balaban J connectivity index is 1.97. The van der Waals surface area contributed by atoms with Gasteiger partial charge in [-0.2, -0.15) is 5.10 Å². The number of carbonyl (C=O) groups excluding carboxylic acids is 1. The molecule has 4 nitrogen and oxygen atoms in total. The zero-order chi connectivity index (χ0) is 20.9. The van der Waals surface area contributed by atoms with Crippen molar-refractivity contribution in [3.8, 4) is 16.9 Å². The smallest absolute Gasteiger partial charge is 0.167 e. The van der Waals surface area contributed by atoms with Crippen LogP contribution in [0.5, 0.6) is 0 Å². The van der Waals surface area contributed by atoms with E-state index in [2.05, 4.69) is 5.10 Å². The summed E-state index contributed by atoms with van der Waals surface area (Å²) in [5, 5.41) is 4.61. The van der Waals surface area contributed by atoms with Gasteiger partial charge in [0.25, 0.3) is 0 Å². The number of aromatic nitrogens is 2. The summed E-state index contributed by atoms with van der Waals surface area (Å²) in [6.45, 7) is 4.05. The largest absolute Gasteiger partial charge is 0.378 e. The van der Waals surface area contributed by atoms with Gasteiger partial charge in [0.15, 0.2) is 11.6 Å². The van der Waals surface area contributed by atoms with E-state index in [0.29, 0.717) is 29.8 Å². The molecule has 0 saturated heterocycles. The Hall–Kier alpha value is -3.02. The van der Waals surface area contributed by atoms with Crippen LogP contribution >= 0.6 is 0 Å². The lowest BCUT2D eigenvalue weighted by molar-refractivity contribution is 0.0912. The number of halogens is 2. The molecule has 1 aliphatic carbocycles. The van der Waals surface area contributed by atoms with Crippen molar-refractivity contribution in [1.82, 2.24) is 9.78 Å². The summed E-state index contributed by atoms with van der Waals surface area (Å²) < 4.78 is 29.5. The van der Waals surface area contributed by atoms with Crippen LogP contribution in [0.2, 0.25) is 0 Å². The molecular formula is C23H23F2N3O. The summed E-state index contributed by atoms with van der Waals surface area (Å²) >= 11 is 0. The molecule has 150 valence electrons. The van der Waals surface area contributed by atoms with Crippen LogP contribution in [0.3, 0.4) is 0 Å². The molecule has 1 aromatic heterocycles. The molecule has 3 aromatic rings. The predicted molar refractivity (Wildman–Crippen MR) is 110 cm³/mol. The second kappa shape index (κ2) is 6.79. The summed E-state index contributed by atoms with van der Waals surface area (Å²) in [5.74, 6) is -1.38. The minimum absolute atomic E-state index is 0.00305. The van der Waals surface area contributed by atoms with E-state index in [4.69, 9.17) is 0 Å².